The fourth-order valence-electron chi connectivity index (χ4n) is 1.79. The van der Waals surface area contributed by atoms with E-state index in [1.54, 1.807) is 0 Å². The molecule has 0 aliphatic carbocycles. The van der Waals surface area contributed by atoms with E-state index in [2.05, 4.69) is 5.32 Å². The van der Waals surface area contributed by atoms with Crippen molar-refractivity contribution in [2.45, 2.75) is 25.1 Å². The number of nitrogens with one attached hydrogen (secondary N) is 1. The van der Waals surface area contributed by atoms with Crippen LogP contribution in [0, 0.1) is 0 Å². The zero-order valence-corrected chi connectivity index (χ0v) is 9.74. The second kappa shape index (κ2) is 4.89. The van der Waals surface area contributed by atoms with Crippen LogP contribution in [-0.2, 0) is 10.0 Å². The first-order valence-electron chi connectivity index (χ1n) is 4.94. The molecule has 0 amide bonds. The zero-order valence-electron chi connectivity index (χ0n) is 8.92. The van der Waals surface area contributed by atoms with Crippen LogP contribution in [0.2, 0.25) is 0 Å². The van der Waals surface area contributed by atoms with Gasteiger partial charge in [-0.1, -0.05) is 0 Å². The lowest BCUT2D eigenvalue weighted by Gasteiger charge is -2.33. The molecule has 0 saturated carbocycles. The Morgan fingerprint density at radius 2 is 1.81 bits per heavy atom. The van der Waals surface area contributed by atoms with Gasteiger partial charge in [0.05, 0.1) is 6.26 Å². The highest BCUT2D eigenvalue weighted by atomic mass is 32.2. The minimum absolute atomic E-state index is 0.420. The van der Waals surface area contributed by atoms with Crippen LogP contribution in [0.1, 0.15) is 12.8 Å². The molecule has 0 aromatic heterocycles. The monoisotopic (exact) mass is 260 g/mol. The van der Waals surface area contributed by atoms with Crippen molar-refractivity contribution in [1.82, 2.24) is 9.62 Å². The topological polar surface area (TPSA) is 49.4 Å². The van der Waals surface area contributed by atoms with E-state index in [4.69, 9.17) is 0 Å². The van der Waals surface area contributed by atoms with Gasteiger partial charge in [-0.15, -0.1) is 0 Å². The van der Waals surface area contributed by atoms with Crippen LogP contribution in [0.5, 0.6) is 0 Å². The molecule has 8 heteroatoms. The molecule has 96 valence electrons. The summed E-state index contributed by atoms with van der Waals surface area (Å²) in [6.07, 6.45) is -2.83. The third-order valence-corrected chi connectivity index (χ3v) is 3.76. The molecule has 0 aromatic rings. The number of halogens is 3. The summed E-state index contributed by atoms with van der Waals surface area (Å²) in [6, 6.07) is -0.544. The largest absolute Gasteiger partial charge is 0.402 e. The SMILES string of the molecule is CS(=O)(=O)N(CC(F)(F)F)C1CCNCC1. The Hall–Kier alpha value is -0.340. The normalized spacial score (nSPS) is 20.3. The summed E-state index contributed by atoms with van der Waals surface area (Å²) in [5, 5.41) is 2.98. The summed E-state index contributed by atoms with van der Waals surface area (Å²) in [7, 11) is -3.81. The van der Waals surface area contributed by atoms with E-state index in [1.165, 1.54) is 0 Å². The van der Waals surface area contributed by atoms with Gasteiger partial charge in [0.1, 0.15) is 6.54 Å². The lowest BCUT2D eigenvalue weighted by Crippen LogP contribution is -2.49. The van der Waals surface area contributed by atoms with Crippen LogP contribution >= 0.6 is 0 Å². The molecule has 0 aromatic carbocycles. The van der Waals surface area contributed by atoms with Gasteiger partial charge in [-0.05, 0) is 25.9 Å². The number of piperidine rings is 1. The van der Waals surface area contributed by atoms with Crippen LogP contribution in [0.25, 0.3) is 0 Å². The lowest BCUT2D eigenvalue weighted by atomic mass is 10.1. The van der Waals surface area contributed by atoms with Crippen LogP contribution in [0.15, 0.2) is 0 Å². The molecule has 1 aliphatic rings. The second-order valence-corrected chi connectivity index (χ2v) is 5.84. The molecular formula is C8H15F3N2O2S. The van der Waals surface area contributed by atoms with Crippen LogP contribution < -0.4 is 5.32 Å². The number of nitrogens with zero attached hydrogens (tertiary/aromatic N) is 1. The van der Waals surface area contributed by atoms with E-state index in [1.807, 2.05) is 0 Å². The molecule has 0 bridgehead atoms. The van der Waals surface area contributed by atoms with E-state index in [0.717, 1.165) is 6.26 Å². The van der Waals surface area contributed by atoms with Crippen molar-refractivity contribution in [3.8, 4) is 0 Å². The highest BCUT2D eigenvalue weighted by Gasteiger charge is 2.38. The average Bonchev–Trinajstić information content (AvgIpc) is 2.13. The summed E-state index contributed by atoms with van der Waals surface area (Å²) in [5.74, 6) is 0. The van der Waals surface area contributed by atoms with Crippen molar-refractivity contribution in [2.24, 2.45) is 0 Å². The van der Waals surface area contributed by atoms with Crippen molar-refractivity contribution < 1.29 is 21.6 Å². The van der Waals surface area contributed by atoms with Crippen LogP contribution in [0.3, 0.4) is 0 Å². The summed E-state index contributed by atoms with van der Waals surface area (Å²) in [5.41, 5.74) is 0. The van der Waals surface area contributed by atoms with Crippen molar-refractivity contribution in [3.63, 3.8) is 0 Å². The molecule has 16 heavy (non-hydrogen) atoms. The Balaban J connectivity index is 2.79. The third kappa shape index (κ3) is 4.26. The van der Waals surface area contributed by atoms with Crippen LogP contribution in [-0.4, -0.2) is 50.8 Å². The Morgan fingerprint density at radius 3 is 2.19 bits per heavy atom. The maximum Gasteiger partial charge on any atom is 0.402 e. The van der Waals surface area contributed by atoms with E-state index in [0.29, 0.717) is 30.2 Å². The molecular weight excluding hydrogens is 245 g/mol. The van der Waals surface area contributed by atoms with Gasteiger partial charge in [0.15, 0.2) is 0 Å². The van der Waals surface area contributed by atoms with Gasteiger partial charge in [-0.25, -0.2) is 8.42 Å². The fraction of sp³-hybridized carbons (Fsp3) is 1.00. The summed E-state index contributed by atoms with van der Waals surface area (Å²) in [6.45, 7) is -0.292. The number of hydrogen-bond acceptors (Lipinski definition) is 3. The number of hydrogen-bond donors (Lipinski definition) is 1. The zero-order chi connectivity index (χ0) is 12.4. The van der Waals surface area contributed by atoms with E-state index in [-0.39, 0.29) is 0 Å². The van der Waals surface area contributed by atoms with E-state index < -0.39 is 28.8 Å². The van der Waals surface area contributed by atoms with E-state index >= 15 is 0 Å². The Morgan fingerprint density at radius 1 is 1.31 bits per heavy atom. The molecule has 1 N–H and O–H groups in total. The maximum absolute atomic E-state index is 12.3. The first kappa shape index (κ1) is 13.7. The molecule has 4 nitrogen and oxygen atoms in total. The summed E-state index contributed by atoms with van der Waals surface area (Å²) < 4.78 is 60.0. The number of rotatable bonds is 3. The van der Waals surface area contributed by atoms with Crippen molar-refractivity contribution in [1.29, 1.82) is 0 Å². The first-order valence-corrected chi connectivity index (χ1v) is 6.79. The standard InChI is InChI=1S/C8H15F3N2O2S/c1-16(14,15)13(6-8(9,10)11)7-2-4-12-5-3-7/h7,12H,2-6H2,1H3. The molecule has 0 atom stereocenters. The van der Waals surface area contributed by atoms with Crippen LogP contribution in [0.4, 0.5) is 13.2 Å². The predicted octanol–water partition coefficient (Wildman–Crippen LogP) is 0.562. The molecule has 1 rings (SSSR count). The molecule has 0 unspecified atom stereocenters. The first-order chi connectivity index (χ1) is 7.20. The number of alkyl halides is 3. The molecule has 1 aliphatic heterocycles. The van der Waals surface area contributed by atoms with Gasteiger partial charge in [0, 0.05) is 6.04 Å². The summed E-state index contributed by atoms with van der Waals surface area (Å²) >= 11 is 0. The van der Waals surface area contributed by atoms with Gasteiger partial charge in [0.2, 0.25) is 10.0 Å². The molecule has 1 heterocycles. The van der Waals surface area contributed by atoms with Gasteiger partial charge in [-0.2, -0.15) is 17.5 Å². The van der Waals surface area contributed by atoms with Gasteiger partial charge < -0.3 is 5.32 Å². The Labute approximate surface area is 92.9 Å². The van der Waals surface area contributed by atoms with Crippen molar-refractivity contribution in [3.05, 3.63) is 0 Å². The smallest absolute Gasteiger partial charge is 0.317 e. The predicted molar refractivity (Wildman–Crippen MR) is 53.5 cm³/mol. The summed E-state index contributed by atoms with van der Waals surface area (Å²) in [4.78, 5) is 0. The average molecular weight is 260 g/mol. The van der Waals surface area contributed by atoms with E-state index in [9.17, 15) is 21.6 Å². The molecule has 1 fully saturated rings. The second-order valence-electron chi connectivity index (χ2n) is 3.90. The Kier molecular flexibility index (Phi) is 4.19. The fourth-order valence-corrected chi connectivity index (χ4v) is 2.92. The highest BCUT2D eigenvalue weighted by Crippen LogP contribution is 2.23. The molecule has 1 saturated heterocycles. The minimum atomic E-state index is -4.49. The highest BCUT2D eigenvalue weighted by molar-refractivity contribution is 7.88. The van der Waals surface area contributed by atoms with Crippen molar-refractivity contribution >= 4 is 10.0 Å². The molecule has 0 radical (unpaired) electrons. The van der Waals surface area contributed by atoms with Gasteiger partial charge in [0.25, 0.3) is 0 Å². The molecule has 0 spiro atoms. The third-order valence-electron chi connectivity index (χ3n) is 2.48. The number of sulfonamides is 1. The maximum atomic E-state index is 12.3. The van der Waals surface area contributed by atoms with Gasteiger partial charge in [-0.3, -0.25) is 0 Å². The van der Waals surface area contributed by atoms with Gasteiger partial charge >= 0.3 is 6.18 Å². The Bertz CT molecular complexity index is 323. The quantitative estimate of drug-likeness (QED) is 0.806. The van der Waals surface area contributed by atoms with Crippen molar-refractivity contribution in [2.75, 3.05) is 25.9 Å². The lowest BCUT2D eigenvalue weighted by molar-refractivity contribution is -0.140. The minimum Gasteiger partial charge on any atom is -0.317 e.